The van der Waals surface area contributed by atoms with E-state index in [4.69, 9.17) is 14.2 Å². The van der Waals surface area contributed by atoms with E-state index < -0.39 is 0 Å². The van der Waals surface area contributed by atoms with Crippen LogP contribution in [0.5, 0.6) is 17.2 Å². The minimum Gasteiger partial charge on any atom is -0.494 e. The molecule has 0 unspecified atom stereocenters. The molecule has 1 aliphatic heterocycles. The number of fused-ring (bicyclic) bond motifs is 2. The smallest absolute Gasteiger partial charge is 0.162 e. The SMILES string of the molecule is C=C1Oc2ccccc2N(c2ccc(OCC)cc2)c2ccccc2OC1=C. The van der Waals surface area contributed by atoms with E-state index in [1.165, 1.54) is 0 Å². The monoisotopic (exact) mass is 371 g/mol. The molecule has 0 aliphatic carbocycles. The van der Waals surface area contributed by atoms with Gasteiger partial charge < -0.3 is 19.1 Å². The van der Waals surface area contributed by atoms with Crippen LogP contribution in [0.1, 0.15) is 6.92 Å². The topological polar surface area (TPSA) is 30.9 Å². The van der Waals surface area contributed by atoms with Crippen molar-refractivity contribution < 1.29 is 14.2 Å². The highest BCUT2D eigenvalue weighted by Crippen LogP contribution is 2.46. The summed E-state index contributed by atoms with van der Waals surface area (Å²) < 4.78 is 17.6. The standard InChI is InChI=1S/C24H21NO3/c1-4-26-20-15-13-19(14-16-20)25-21-9-5-7-11-23(21)27-17(2)18(3)28-24-12-8-6-10-22(24)25/h5-16H,2-4H2,1H3. The summed E-state index contributed by atoms with van der Waals surface area (Å²) in [5.41, 5.74) is 2.70. The van der Waals surface area contributed by atoms with Gasteiger partial charge in [-0.05, 0) is 55.5 Å². The summed E-state index contributed by atoms with van der Waals surface area (Å²) >= 11 is 0. The molecule has 3 aromatic rings. The number of benzene rings is 3. The molecule has 0 saturated carbocycles. The second kappa shape index (κ2) is 7.53. The van der Waals surface area contributed by atoms with Gasteiger partial charge in [-0.1, -0.05) is 37.4 Å². The number of para-hydroxylation sites is 4. The van der Waals surface area contributed by atoms with E-state index in [0.717, 1.165) is 22.8 Å². The molecule has 140 valence electrons. The lowest BCUT2D eigenvalue weighted by Gasteiger charge is -2.27. The second-order valence-corrected chi connectivity index (χ2v) is 6.25. The third-order valence-electron chi connectivity index (χ3n) is 4.40. The summed E-state index contributed by atoms with van der Waals surface area (Å²) in [5.74, 6) is 2.91. The first kappa shape index (κ1) is 17.7. The van der Waals surface area contributed by atoms with E-state index >= 15 is 0 Å². The minimum atomic E-state index is 0.371. The van der Waals surface area contributed by atoms with Crippen molar-refractivity contribution in [3.63, 3.8) is 0 Å². The number of hydrogen-bond acceptors (Lipinski definition) is 4. The molecule has 1 aliphatic rings. The van der Waals surface area contributed by atoms with Crippen LogP contribution in [-0.2, 0) is 0 Å². The zero-order chi connectivity index (χ0) is 19.5. The van der Waals surface area contributed by atoms with Crippen molar-refractivity contribution in [2.45, 2.75) is 6.92 Å². The maximum Gasteiger partial charge on any atom is 0.162 e. The molecule has 28 heavy (non-hydrogen) atoms. The van der Waals surface area contributed by atoms with Gasteiger partial charge in [0.1, 0.15) is 5.75 Å². The van der Waals surface area contributed by atoms with Crippen LogP contribution in [0.4, 0.5) is 17.1 Å². The molecule has 0 aromatic heterocycles. The van der Waals surface area contributed by atoms with Gasteiger partial charge in [-0.15, -0.1) is 0 Å². The molecule has 0 amide bonds. The van der Waals surface area contributed by atoms with Gasteiger partial charge in [-0.3, -0.25) is 0 Å². The normalized spacial score (nSPS) is 13.2. The van der Waals surface area contributed by atoms with Crippen molar-refractivity contribution in [1.82, 2.24) is 0 Å². The molecule has 0 radical (unpaired) electrons. The molecule has 0 saturated heterocycles. The Morgan fingerprint density at radius 2 is 1.25 bits per heavy atom. The Kier molecular flexibility index (Phi) is 4.77. The molecule has 0 bridgehead atoms. The third-order valence-corrected chi connectivity index (χ3v) is 4.40. The summed E-state index contributed by atoms with van der Waals surface area (Å²) in [6, 6.07) is 23.6. The van der Waals surface area contributed by atoms with Gasteiger partial charge in [-0.25, -0.2) is 0 Å². The predicted molar refractivity (Wildman–Crippen MR) is 112 cm³/mol. The molecule has 0 spiro atoms. The van der Waals surface area contributed by atoms with Crippen molar-refractivity contribution in [3.05, 3.63) is 97.5 Å². The van der Waals surface area contributed by atoms with E-state index in [-0.39, 0.29) is 0 Å². The highest BCUT2D eigenvalue weighted by atomic mass is 16.5. The van der Waals surface area contributed by atoms with Gasteiger partial charge in [-0.2, -0.15) is 0 Å². The van der Waals surface area contributed by atoms with Crippen LogP contribution in [0.15, 0.2) is 97.5 Å². The van der Waals surface area contributed by atoms with Crippen LogP contribution in [0.3, 0.4) is 0 Å². The minimum absolute atomic E-state index is 0.371. The average molecular weight is 371 g/mol. The molecule has 0 N–H and O–H groups in total. The van der Waals surface area contributed by atoms with E-state index in [9.17, 15) is 0 Å². The molecule has 0 atom stereocenters. The summed E-state index contributed by atoms with van der Waals surface area (Å²) in [4.78, 5) is 2.09. The molecule has 4 heteroatoms. The van der Waals surface area contributed by atoms with Gasteiger partial charge in [0, 0.05) is 5.69 Å². The number of ether oxygens (including phenoxy) is 3. The summed E-state index contributed by atoms with van der Waals surface area (Å²) in [7, 11) is 0. The van der Waals surface area contributed by atoms with E-state index in [1.807, 2.05) is 79.7 Å². The van der Waals surface area contributed by atoms with E-state index in [1.54, 1.807) is 0 Å². The van der Waals surface area contributed by atoms with Crippen LogP contribution in [-0.4, -0.2) is 6.61 Å². The first-order valence-electron chi connectivity index (χ1n) is 9.12. The lowest BCUT2D eigenvalue weighted by atomic mass is 10.1. The fraction of sp³-hybridized carbons (Fsp3) is 0.0833. The van der Waals surface area contributed by atoms with Crippen LogP contribution < -0.4 is 19.1 Å². The molecule has 4 rings (SSSR count). The van der Waals surface area contributed by atoms with Crippen LogP contribution in [0, 0.1) is 0 Å². The number of rotatable bonds is 3. The van der Waals surface area contributed by atoms with Gasteiger partial charge in [0.15, 0.2) is 23.0 Å². The van der Waals surface area contributed by atoms with E-state index in [0.29, 0.717) is 29.6 Å². The largest absolute Gasteiger partial charge is 0.494 e. The lowest BCUT2D eigenvalue weighted by molar-refractivity contribution is 0.340. The summed E-state index contributed by atoms with van der Waals surface area (Å²) in [5, 5.41) is 0. The Balaban J connectivity index is 1.93. The summed E-state index contributed by atoms with van der Waals surface area (Å²) in [6.07, 6.45) is 0. The van der Waals surface area contributed by atoms with Crippen molar-refractivity contribution in [1.29, 1.82) is 0 Å². The molecule has 3 aromatic carbocycles. The van der Waals surface area contributed by atoms with Crippen molar-refractivity contribution >= 4 is 17.1 Å². The number of nitrogens with zero attached hydrogens (tertiary/aromatic N) is 1. The van der Waals surface area contributed by atoms with Gasteiger partial charge in [0.25, 0.3) is 0 Å². The first-order chi connectivity index (χ1) is 13.7. The molecule has 1 heterocycles. The first-order valence-corrected chi connectivity index (χ1v) is 9.12. The van der Waals surface area contributed by atoms with Gasteiger partial charge >= 0.3 is 0 Å². The maximum absolute atomic E-state index is 5.99. The Bertz CT molecular complexity index is 965. The predicted octanol–water partition coefficient (Wildman–Crippen LogP) is 6.35. The second-order valence-electron chi connectivity index (χ2n) is 6.25. The van der Waals surface area contributed by atoms with Crippen molar-refractivity contribution in [3.8, 4) is 17.2 Å². The van der Waals surface area contributed by atoms with Gasteiger partial charge in [0.05, 0.1) is 18.0 Å². The highest BCUT2D eigenvalue weighted by Gasteiger charge is 2.23. The third kappa shape index (κ3) is 3.32. The Labute approximate surface area is 164 Å². The Morgan fingerprint density at radius 3 is 1.75 bits per heavy atom. The van der Waals surface area contributed by atoms with Crippen LogP contribution >= 0.6 is 0 Å². The number of hydrogen-bond donors (Lipinski definition) is 0. The molecule has 0 fully saturated rings. The quantitative estimate of drug-likeness (QED) is 0.536. The average Bonchev–Trinajstić information content (AvgIpc) is 2.75. The number of anilines is 3. The molecule has 4 nitrogen and oxygen atoms in total. The Hall–Kier alpha value is -3.66. The molecular formula is C24H21NO3. The van der Waals surface area contributed by atoms with E-state index in [2.05, 4.69) is 18.1 Å². The zero-order valence-corrected chi connectivity index (χ0v) is 15.7. The van der Waals surface area contributed by atoms with Crippen LogP contribution in [0.25, 0.3) is 0 Å². The van der Waals surface area contributed by atoms with Crippen molar-refractivity contribution in [2.24, 2.45) is 0 Å². The summed E-state index contributed by atoms with van der Waals surface area (Å²) in [6.45, 7) is 10.5. The lowest BCUT2D eigenvalue weighted by Crippen LogP contribution is -2.11. The fourth-order valence-electron chi connectivity index (χ4n) is 3.10. The highest BCUT2D eigenvalue weighted by molar-refractivity contribution is 5.83. The van der Waals surface area contributed by atoms with Crippen molar-refractivity contribution in [2.75, 3.05) is 11.5 Å². The van der Waals surface area contributed by atoms with Gasteiger partial charge in [0.2, 0.25) is 0 Å². The molecular weight excluding hydrogens is 350 g/mol. The maximum atomic E-state index is 5.99. The Morgan fingerprint density at radius 1 is 0.750 bits per heavy atom. The van der Waals surface area contributed by atoms with Crippen LogP contribution in [0.2, 0.25) is 0 Å². The fourth-order valence-corrected chi connectivity index (χ4v) is 3.10. The zero-order valence-electron chi connectivity index (χ0n) is 15.7.